The lowest BCUT2D eigenvalue weighted by Gasteiger charge is -2.05. The number of nitrogens with zero attached hydrogens (tertiary/aromatic N) is 3. The van der Waals surface area contributed by atoms with Crippen molar-refractivity contribution < 1.29 is 14.7 Å². The van der Waals surface area contributed by atoms with Crippen LogP contribution in [-0.4, -0.2) is 38.8 Å². The number of nitrogens with one attached hydrogen (secondary N) is 1. The zero-order chi connectivity index (χ0) is 14.7. The molecular formula is C13H14N4O3. The molecule has 2 aromatic rings. The number of carbonyl (C=O) groups is 2. The second kappa shape index (κ2) is 5.52. The molecule has 0 saturated heterocycles. The summed E-state index contributed by atoms with van der Waals surface area (Å²) in [5.41, 5.74) is 1.04. The Hall–Kier alpha value is -2.70. The normalized spacial score (nSPS) is 10.3. The molecule has 7 nitrogen and oxygen atoms in total. The van der Waals surface area contributed by atoms with Crippen LogP contribution in [0.15, 0.2) is 24.4 Å². The molecule has 0 atom stereocenters. The van der Waals surface area contributed by atoms with Gasteiger partial charge in [-0.2, -0.15) is 5.10 Å². The number of rotatable bonds is 4. The summed E-state index contributed by atoms with van der Waals surface area (Å²) in [6, 6.07) is 4.48. The van der Waals surface area contributed by atoms with Crippen LogP contribution in [0.2, 0.25) is 0 Å². The molecule has 0 radical (unpaired) electrons. The minimum Gasteiger partial charge on any atom is -0.478 e. The van der Waals surface area contributed by atoms with Gasteiger partial charge in [-0.05, 0) is 24.6 Å². The van der Waals surface area contributed by atoms with Crippen LogP contribution < -0.4 is 5.32 Å². The molecule has 0 aromatic carbocycles. The van der Waals surface area contributed by atoms with Crippen LogP contribution in [0.4, 0.5) is 0 Å². The molecule has 2 aromatic heterocycles. The van der Waals surface area contributed by atoms with Gasteiger partial charge in [-0.25, -0.2) is 14.5 Å². The van der Waals surface area contributed by atoms with Crippen molar-refractivity contribution >= 4 is 11.9 Å². The van der Waals surface area contributed by atoms with Crippen molar-refractivity contribution in [1.29, 1.82) is 0 Å². The fourth-order valence-electron chi connectivity index (χ4n) is 1.69. The summed E-state index contributed by atoms with van der Waals surface area (Å²) in [6.07, 6.45) is 2.18. The average molecular weight is 274 g/mol. The minimum absolute atomic E-state index is 0.142. The number of pyridine rings is 1. The summed E-state index contributed by atoms with van der Waals surface area (Å²) in [5, 5.41) is 15.6. The standard InChI is InChI=1S/C13H14N4O3/c1-3-9-6-8(13(19)20)7-11(15-9)17-5-4-10(16-17)12(18)14-2/h4-7H,3H2,1-2H3,(H,14,18)(H,19,20). The monoisotopic (exact) mass is 274 g/mol. The summed E-state index contributed by atoms with van der Waals surface area (Å²) in [6.45, 7) is 1.89. The van der Waals surface area contributed by atoms with Crippen LogP contribution in [-0.2, 0) is 6.42 Å². The summed E-state index contributed by atoms with van der Waals surface area (Å²) in [5.74, 6) is -0.965. The molecule has 0 spiro atoms. The van der Waals surface area contributed by atoms with Crippen molar-refractivity contribution in [3.8, 4) is 5.82 Å². The van der Waals surface area contributed by atoms with Gasteiger partial charge in [0, 0.05) is 18.9 Å². The molecule has 0 fully saturated rings. The largest absolute Gasteiger partial charge is 0.478 e. The zero-order valence-electron chi connectivity index (χ0n) is 11.1. The summed E-state index contributed by atoms with van der Waals surface area (Å²) in [4.78, 5) is 26.9. The van der Waals surface area contributed by atoms with Gasteiger partial charge in [-0.15, -0.1) is 0 Å². The predicted octanol–water partition coefficient (Wildman–Crippen LogP) is 0.887. The van der Waals surface area contributed by atoms with Crippen molar-refractivity contribution in [3.63, 3.8) is 0 Å². The maximum absolute atomic E-state index is 11.5. The highest BCUT2D eigenvalue weighted by atomic mass is 16.4. The Morgan fingerprint density at radius 3 is 2.75 bits per heavy atom. The third-order valence-electron chi connectivity index (χ3n) is 2.76. The molecule has 2 rings (SSSR count). The van der Waals surface area contributed by atoms with Crippen LogP contribution in [0.1, 0.15) is 33.5 Å². The Bertz CT molecular complexity index is 663. The van der Waals surface area contributed by atoms with Gasteiger partial charge in [0.2, 0.25) is 0 Å². The quantitative estimate of drug-likeness (QED) is 0.862. The van der Waals surface area contributed by atoms with Crippen LogP contribution in [0.5, 0.6) is 0 Å². The Morgan fingerprint density at radius 1 is 1.40 bits per heavy atom. The highest BCUT2D eigenvalue weighted by Crippen LogP contribution is 2.11. The van der Waals surface area contributed by atoms with Gasteiger partial charge in [0.05, 0.1) is 5.56 Å². The molecule has 2 N–H and O–H groups in total. The Morgan fingerprint density at radius 2 is 2.15 bits per heavy atom. The number of hydrogen-bond acceptors (Lipinski definition) is 4. The van der Waals surface area contributed by atoms with E-state index in [1.165, 1.54) is 23.9 Å². The van der Waals surface area contributed by atoms with Gasteiger partial charge in [0.15, 0.2) is 11.5 Å². The van der Waals surface area contributed by atoms with Crippen LogP contribution in [0, 0.1) is 0 Å². The second-order valence-electron chi connectivity index (χ2n) is 4.09. The van der Waals surface area contributed by atoms with Gasteiger partial charge in [-0.1, -0.05) is 6.92 Å². The lowest BCUT2D eigenvalue weighted by atomic mass is 10.2. The van der Waals surface area contributed by atoms with Crippen LogP contribution in [0.25, 0.3) is 5.82 Å². The maximum atomic E-state index is 11.5. The van der Waals surface area contributed by atoms with Crippen molar-refractivity contribution in [1.82, 2.24) is 20.1 Å². The predicted molar refractivity (Wildman–Crippen MR) is 71.1 cm³/mol. The van der Waals surface area contributed by atoms with Crippen molar-refractivity contribution in [2.75, 3.05) is 7.05 Å². The number of carboxylic acid groups (broad SMARTS) is 1. The van der Waals surface area contributed by atoms with E-state index in [9.17, 15) is 9.59 Å². The van der Waals surface area contributed by atoms with Crippen molar-refractivity contribution in [2.24, 2.45) is 0 Å². The Balaban J connectivity index is 2.46. The third kappa shape index (κ3) is 2.66. The SMILES string of the molecule is CCc1cc(C(=O)O)cc(-n2ccc(C(=O)NC)n2)n1. The number of carboxylic acids is 1. The van der Waals surface area contributed by atoms with E-state index in [-0.39, 0.29) is 17.2 Å². The first kappa shape index (κ1) is 13.7. The summed E-state index contributed by atoms with van der Waals surface area (Å²) in [7, 11) is 1.51. The fourth-order valence-corrected chi connectivity index (χ4v) is 1.69. The maximum Gasteiger partial charge on any atom is 0.335 e. The van der Waals surface area contributed by atoms with E-state index in [2.05, 4.69) is 15.4 Å². The molecule has 0 aliphatic carbocycles. The first-order valence-corrected chi connectivity index (χ1v) is 6.07. The first-order chi connectivity index (χ1) is 9.55. The number of aryl methyl sites for hydroxylation is 1. The van der Waals surface area contributed by atoms with Crippen molar-refractivity contribution in [2.45, 2.75) is 13.3 Å². The summed E-state index contributed by atoms with van der Waals surface area (Å²) >= 11 is 0. The van der Waals surface area contributed by atoms with Crippen molar-refractivity contribution in [3.05, 3.63) is 41.3 Å². The van der Waals surface area contributed by atoms with E-state index in [0.717, 1.165) is 0 Å². The first-order valence-electron chi connectivity index (χ1n) is 6.07. The van der Waals surface area contributed by atoms with E-state index < -0.39 is 5.97 Å². The average Bonchev–Trinajstić information content (AvgIpc) is 2.95. The van der Waals surface area contributed by atoms with Gasteiger partial charge in [0.25, 0.3) is 5.91 Å². The molecule has 0 saturated carbocycles. The highest BCUT2D eigenvalue weighted by Gasteiger charge is 2.12. The molecule has 0 unspecified atom stereocenters. The molecule has 7 heteroatoms. The van der Waals surface area contributed by atoms with E-state index >= 15 is 0 Å². The van der Waals surface area contributed by atoms with E-state index in [4.69, 9.17) is 5.11 Å². The van der Waals surface area contributed by atoms with E-state index in [1.807, 2.05) is 6.92 Å². The molecule has 0 aliphatic heterocycles. The third-order valence-corrected chi connectivity index (χ3v) is 2.76. The molecule has 1 amide bonds. The second-order valence-corrected chi connectivity index (χ2v) is 4.09. The molecule has 20 heavy (non-hydrogen) atoms. The number of hydrogen-bond donors (Lipinski definition) is 2. The van der Waals surface area contributed by atoms with E-state index in [0.29, 0.717) is 17.9 Å². The molecule has 0 aliphatic rings. The number of aromatic carboxylic acids is 1. The van der Waals surface area contributed by atoms with Gasteiger partial charge in [-0.3, -0.25) is 4.79 Å². The lowest BCUT2D eigenvalue weighted by Crippen LogP contribution is -2.18. The molecule has 104 valence electrons. The number of aromatic nitrogens is 3. The molecule has 2 heterocycles. The molecular weight excluding hydrogens is 260 g/mol. The van der Waals surface area contributed by atoms with Crippen LogP contribution >= 0.6 is 0 Å². The number of carbonyl (C=O) groups excluding carboxylic acids is 1. The number of amides is 1. The highest BCUT2D eigenvalue weighted by molar-refractivity contribution is 5.92. The van der Waals surface area contributed by atoms with Gasteiger partial charge < -0.3 is 10.4 Å². The lowest BCUT2D eigenvalue weighted by molar-refractivity contribution is 0.0696. The van der Waals surface area contributed by atoms with Crippen LogP contribution in [0.3, 0.4) is 0 Å². The Labute approximate surface area is 115 Å². The molecule has 0 bridgehead atoms. The minimum atomic E-state index is -1.03. The van der Waals surface area contributed by atoms with E-state index in [1.54, 1.807) is 12.3 Å². The fraction of sp³-hybridized carbons (Fsp3) is 0.231. The smallest absolute Gasteiger partial charge is 0.335 e. The van der Waals surface area contributed by atoms with Gasteiger partial charge >= 0.3 is 5.97 Å². The summed E-state index contributed by atoms with van der Waals surface area (Å²) < 4.78 is 1.39. The zero-order valence-corrected chi connectivity index (χ0v) is 11.1. The topological polar surface area (TPSA) is 97.1 Å². The Kier molecular flexibility index (Phi) is 3.79. The van der Waals surface area contributed by atoms with Gasteiger partial charge in [0.1, 0.15) is 0 Å².